The van der Waals surface area contributed by atoms with Gasteiger partial charge in [-0.3, -0.25) is 4.90 Å². The van der Waals surface area contributed by atoms with Gasteiger partial charge in [-0.15, -0.1) is 6.58 Å². The van der Waals surface area contributed by atoms with Crippen LogP contribution in [0.25, 0.3) is 0 Å². The molecule has 11 heavy (non-hydrogen) atoms. The van der Waals surface area contributed by atoms with Crippen LogP contribution in [0.1, 0.15) is 33.1 Å². The van der Waals surface area contributed by atoms with Gasteiger partial charge in [-0.05, 0) is 33.2 Å². The van der Waals surface area contributed by atoms with E-state index in [2.05, 4.69) is 31.4 Å². The lowest BCUT2D eigenvalue weighted by molar-refractivity contribution is 0.141. The van der Waals surface area contributed by atoms with Crippen molar-refractivity contribution in [3.63, 3.8) is 0 Å². The highest BCUT2D eigenvalue weighted by atomic mass is 15.2. The van der Waals surface area contributed by atoms with Crippen molar-refractivity contribution < 1.29 is 0 Å². The molecule has 0 aromatic heterocycles. The molecule has 1 fully saturated rings. The van der Waals surface area contributed by atoms with Crippen LogP contribution < -0.4 is 0 Å². The number of piperidine rings is 1. The van der Waals surface area contributed by atoms with Crippen molar-refractivity contribution in [3.05, 3.63) is 12.7 Å². The lowest BCUT2D eigenvalue weighted by Crippen LogP contribution is -2.42. The summed E-state index contributed by atoms with van der Waals surface area (Å²) < 4.78 is 0. The molecule has 0 bridgehead atoms. The van der Waals surface area contributed by atoms with Crippen molar-refractivity contribution in [3.8, 4) is 0 Å². The Morgan fingerprint density at radius 3 is 2.64 bits per heavy atom. The fraction of sp³-hybridized carbons (Fsp3) is 0.800. The second kappa shape index (κ2) is 3.91. The van der Waals surface area contributed by atoms with E-state index in [1.807, 2.05) is 0 Å². The maximum absolute atomic E-state index is 3.88. The second-order valence-corrected chi connectivity index (χ2v) is 3.63. The lowest BCUT2D eigenvalue weighted by Gasteiger charge is -2.36. The Balaban J connectivity index is 2.51. The number of nitrogens with zero attached hydrogens (tertiary/aromatic N) is 1. The fourth-order valence-corrected chi connectivity index (χ4v) is 1.87. The summed E-state index contributed by atoms with van der Waals surface area (Å²) >= 11 is 0. The van der Waals surface area contributed by atoms with Crippen molar-refractivity contribution in [2.45, 2.75) is 45.2 Å². The van der Waals surface area contributed by atoms with E-state index in [9.17, 15) is 0 Å². The monoisotopic (exact) mass is 153 g/mol. The van der Waals surface area contributed by atoms with E-state index < -0.39 is 0 Å². The Hall–Kier alpha value is -0.300. The zero-order valence-corrected chi connectivity index (χ0v) is 7.71. The highest BCUT2D eigenvalue weighted by Gasteiger charge is 2.21. The normalized spacial score (nSPS) is 27.4. The molecule has 0 radical (unpaired) electrons. The molecular formula is C10H19N. The Bertz CT molecular complexity index is 129. The smallest absolute Gasteiger partial charge is 0.0278 e. The zero-order chi connectivity index (χ0) is 8.27. The van der Waals surface area contributed by atoms with Gasteiger partial charge in [0.1, 0.15) is 0 Å². The van der Waals surface area contributed by atoms with E-state index in [0.29, 0.717) is 12.1 Å². The first-order valence-electron chi connectivity index (χ1n) is 4.64. The molecule has 1 heterocycles. The van der Waals surface area contributed by atoms with Crippen LogP contribution in [0.15, 0.2) is 12.7 Å². The highest BCUT2D eigenvalue weighted by molar-refractivity contribution is 4.91. The Labute approximate surface area is 70.1 Å². The van der Waals surface area contributed by atoms with Gasteiger partial charge < -0.3 is 0 Å². The summed E-state index contributed by atoms with van der Waals surface area (Å²) in [4.78, 5) is 2.54. The molecule has 0 amide bonds. The number of hydrogen-bond donors (Lipinski definition) is 0. The van der Waals surface area contributed by atoms with E-state index in [1.165, 1.54) is 25.8 Å². The second-order valence-electron chi connectivity index (χ2n) is 3.63. The van der Waals surface area contributed by atoms with E-state index in [1.54, 1.807) is 0 Å². The third kappa shape index (κ3) is 2.06. The molecule has 0 aromatic carbocycles. The largest absolute Gasteiger partial charge is 0.295 e. The van der Waals surface area contributed by atoms with Crippen LogP contribution in [0, 0.1) is 0 Å². The van der Waals surface area contributed by atoms with E-state index in [-0.39, 0.29) is 0 Å². The van der Waals surface area contributed by atoms with Crippen LogP contribution in [0.5, 0.6) is 0 Å². The van der Waals surface area contributed by atoms with Gasteiger partial charge >= 0.3 is 0 Å². The van der Waals surface area contributed by atoms with Crippen LogP contribution in [-0.2, 0) is 0 Å². The van der Waals surface area contributed by atoms with E-state index >= 15 is 0 Å². The predicted molar refractivity (Wildman–Crippen MR) is 49.7 cm³/mol. The molecule has 1 heteroatoms. The molecule has 1 rings (SSSR count). The fourth-order valence-electron chi connectivity index (χ4n) is 1.87. The minimum Gasteiger partial charge on any atom is -0.295 e. The van der Waals surface area contributed by atoms with Crippen molar-refractivity contribution in [2.75, 3.05) is 6.54 Å². The zero-order valence-electron chi connectivity index (χ0n) is 7.71. The summed E-state index contributed by atoms with van der Waals surface area (Å²) in [6, 6.07) is 1.32. The Morgan fingerprint density at radius 1 is 1.45 bits per heavy atom. The molecule has 1 unspecified atom stereocenters. The predicted octanol–water partition coefficient (Wildman–Crippen LogP) is 2.44. The lowest BCUT2D eigenvalue weighted by atomic mass is 10.0. The molecule has 0 spiro atoms. The van der Waals surface area contributed by atoms with Gasteiger partial charge in [-0.1, -0.05) is 12.5 Å². The first-order chi connectivity index (χ1) is 5.25. The summed E-state index contributed by atoms with van der Waals surface area (Å²) in [6.07, 6.45) is 6.14. The van der Waals surface area contributed by atoms with Gasteiger partial charge in [-0.25, -0.2) is 0 Å². The van der Waals surface area contributed by atoms with E-state index in [0.717, 1.165) is 0 Å². The summed E-state index contributed by atoms with van der Waals surface area (Å²) in [5.74, 6) is 0. The van der Waals surface area contributed by atoms with Crippen molar-refractivity contribution in [1.29, 1.82) is 0 Å². The molecule has 1 atom stereocenters. The van der Waals surface area contributed by atoms with Crippen LogP contribution in [-0.4, -0.2) is 23.5 Å². The average Bonchev–Trinajstić information content (AvgIpc) is 2.04. The van der Waals surface area contributed by atoms with Gasteiger partial charge in [0, 0.05) is 12.1 Å². The van der Waals surface area contributed by atoms with Gasteiger partial charge in [-0.2, -0.15) is 0 Å². The first kappa shape index (κ1) is 8.79. The summed E-state index contributed by atoms with van der Waals surface area (Å²) in [5, 5.41) is 0. The number of rotatable bonds is 2. The summed E-state index contributed by atoms with van der Waals surface area (Å²) in [5.41, 5.74) is 0. The molecule has 0 aromatic rings. The van der Waals surface area contributed by atoms with Gasteiger partial charge in [0.05, 0.1) is 0 Å². The molecule has 0 N–H and O–H groups in total. The molecule has 64 valence electrons. The number of likely N-dealkylation sites (tertiary alicyclic amines) is 1. The van der Waals surface area contributed by atoms with E-state index in [4.69, 9.17) is 0 Å². The molecule has 1 nitrogen and oxygen atoms in total. The average molecular weight is 153 g/mol. The van der Waals surface area contributed by atoms with Crippen molar-refractivity contribution in [1.82, 2.24) is 4.90 Å². The topological polar surface area (TPSA) is 3.24 Å². The SMILES string of the molecule is C=CC1CCCCN1C(C)C. The third-order valence-electron chi connectivity index (χ3n) is 2.53. The Morgan fingerprint density at radius 2 is 2.18 bits per heavy atom. The van der Waals surface area contributed by atoms with Crippen molar-refractivity contribution >= 4 is 0 Å². The Kier molecular flexibility index (Phi) is 3.13. The summed E-state index contributed by atoms with van der Waals surface area (Å²) in [7, 11) is 0. The molecular weight excluding hydrogens is 134 g/mol. The molecule has 1 aliphatic heterocycles. The number of hydrogen-bond acceptors (Lipinski definition) is 1. The van der Waals surface area contributed by atoms with Gasteiger partial charge in [0.25, 0.3) is 0 Å². The third-order valence-corrected chi connectivity index (χ3v) is 2.53. The molecule has 1 saturated heterocycles. The van der Waals surface area contributed by atoms with Crippen LogP contribution in [0.4, 0.5) is 0 Å². The standard InChI is InChI=1S/C10H19N/c1-4-10-7-5-6-8-11(10)9(2)3/h4,9-10H,1,5-8H2,2-3H3. The minimum atomic E-state index is 0.642. The molecule has 1 aliphatic rings. The summed E-state index contributed by atoms with van der Waals surface area (Å²) in [6.45, 7) is 9.67. The quantitative estimate of drug-likeness (QED) is 0.551. The van der Waals surface area contributed by atoms with Gasteiger partial charge in [0.15, 0.2) is 0 Å². The molecule has 0 aliphatic carbocycles. The van der Waals surface area contributed by atoms with Crippen LogP contribution in [0.3, 0.4) is 0 Å². The highest BCUT2D eigenvalue weighted by Crippen LogP contribution is 2.19. The first-order valence-corrected chi connectivity index (χ1v) is 4.64. The van der Waals surface area contributed by atoms with Crippen LogP contribution >= 0.6 is 0 Å². The molecule has 0 saturated carbocycles. The maximum atomic E-state index is 3.88. The van der Waals surface area contributed by atoms with Crippen molar-refractivity contribution in [2.24, 2.45) is 0 Å². The van der Waals surface area contributed by atoms with Crippen LogP contribution in [0.2, 0.25) is 0 Å². The van der Waals surface area contributed by atoms with Gasteiger partial charge in [0.2, 0.25) is 0 Å². The maximum Gasteiger partial charge on any atom is 0.0278 e. The minimum absolute atomic E-state index is 0.642.